The standard InChI is InChI=1S/C25H27NO5/c1-25(2,17-23(28)30-18-19-9-4-3-5-10-19)31-24(29)21-13-7-6-11-20(21)12-8-15-26-16-14-22(26)27/h3-13H,14-18H2,1-2H3/b12-8+. The number of β-lactam (4-membered cyclic amide) rings is 1. The second kappa shape index (κ2) is 10.1. The van der Waals surface area contributed by atoms with Crippen LogP contribution in [0.4, 0.5) is 0 Å². The Kier molecular flexibility index (Phi) is 7.23. The van der Waals surface area contributed by atoms with Crippen molar-refractivity contribution in [1.82, 2.24) is 4.90 Å². The fourth-order valence-corrected chi connectivity index (χ4v) is 3.17. The van der Waals surface area contributed by atoms with Crippen LogP contribution in [-0.4, -0.2) is 41.4 Å². The molecule has 0 aromatic heterocycles. The van der Waals surface area contributed by atoms with Crippen LogP contribution in [0.3, 0.4) is 0 Å². The van der Waals surface area contributed by atoms with Crippen molar-refractivity contribution in [1.29, 1.82) is 0 Å². The number of benzene rings is 2. The summed E-state index contributed by atoms with van der Waals surface area (Å²) >= 11 is 0. The number of carbonyl (C=O) groups excluding carboxylic acids is 3. The quantitative estimate of drug-likeness (QED) is 0.452. The van der Waals surface area contributed by atoms with E-state index in [9.17, 15) is 14.4 Å². The molecule has 0 atom stereocenters. The van der Waals surface area contributed by atoms with E-state index < -0.39 is 17.5 Å². The third-order valence-corrected chi connectivity index (χ3v) is 4.93. The van der Waals surface area contributed by atoms with Gasteiger partial charge in [-0.05, 0) is 31.0 Å². The molecule has 0 N–H and O–H groups in total. The van der Waals surface area contributed by atoms with Crippen molar-refractivity contribution in [2.24, 2.45) is 0 Å². The van der Waals surface area contributed by atoms with Crippen LogP contribution in [0.5, 0.6) is 0 Å². The summed E-state index contributed by atoms with van der Waals surface area (Å²) in [5.41, 5.74) is 0.972. The highest BCUT2D eigenvalue weighted by Gasteiger charge is 2.28. The van der Waals surface area contributed by atoms with Crippen molar-refractivity contribution in [3.63, 3.8) is 0 Å². The summed E-state index contributed by atoms with van der Waals surface area (Å²) in [6.07, 6.45) is 4.21. The monoisotopic (exact) mass is 421 g/mol. The molecule has 0 unspecified atom stereocenters. The first kappa shape index (κ1) is 22.3. The first-order valence-electron chi connectivity index (χ1n) is 10.3. The van der Waals surface area contributed by atoms with E-state index in [0.29, 0.717) is 24.1 Å². The highest BCUT2D eigenvalue weighted by Crippen LogP contribution is 2.21. The van der Waals surface area contributed by atoms with E-state index >= 15 is 0 Å². The third kappa shape index (κ3) is 6.54. The maximum atomic E-state index is 12.8. The molecule has 2 aromatic rings. The van der Waals surface area contributed by atoms with Crippen LogP contribution >= 0.6 is 0 Å². The lowest BCUT2D eigenvalue weighted by Crippen LogP contribution is -2.43. The SMILES string of the molecule is CC(C)(CC(=O)OCc1ccccc1)OC(=O)c1ccccc1/C=C/CN1CCC1=O. The molecule has 0 bridgehead atoms. The second-order valence-corrected chi connectivity index (χ2v) is 8.05. The largest absolute Gasteiger partial charge is 0.461 e. The summed E-state index contributed by atoms with van der Waals surface area (Å²) in [7, 11) is 0. The molecule has 2 aromatic carbocycles. The summed E-state index contributed by atoms with van der Waals surface area (Å²) in [5.74, 6) is -0.812. The fourth-order valence-electron chi connectivity index (χ4n) is 3.17. The van der Waals surface area contributed by atoms with Crippen LogP contribution in [0.2, 0.25) is 0 Å². The number of hydrogen-bond acceptors (Lipinski definition) is 5. The predicted molar refractivity (Wildman–Crippen MR) is 117 cm³/mol. The summed E-state index contributed by atoms with van der Waals surface area (Å²) in [5, 5.41) is 0. The molecule has 1 amide bonds. The summed E-state index contributed by atoms with van der Waals surface area (Å²) < 4.78 is 10.9. The van der Waals surface area contributed by atoms with Crippen molar-refractivity contribution in [3.8, 4) is 0 Å². The number of likely N-dealkylation sites (tertiary alicyclic amines) is 1. The van der Waals surface area contributed by atoms with Crippen molar-refractivity contribution in [3.05, 3.63) is 77.4 Å². The van der Waals surface area contributed by atoms with E-state index in [0.717, 1.165) is 12.1 Å². The minimum atomic E-state index is -1.02. The molecule has 1 heterocycles. The van der Waals surface area contributed by atoms with Gasteiger partial charge < -0.3 is 14.4 Å². The van der Waals surface area contributed by atoms with Gasteiger partial charge in [-0.25, -0.2) is 4.79 Å². The number of amides is 1. The highest BCUT2D eigenvalue weighted by atomic mass is 16.6. The topological polar surface area (TPSA) is 72.9 Å². The molecule has 162 valence electrons. The van der Waals surface area contributed by atoms with Crippen LogP contribution in [0.1, 0.15) is 48.2 Å². The van der Waals surface area contributed by atoms with Crippen LogP contribution in [0, 0.1) is 0 Å². The number of carbonyl (C=O) groups is 3. The lowest BCUT2D eigenvalue weighted by Gasteiger charge is -2.29. The van der Waals surface area contributed by atoms with E-state index in [-0.39, 0.29) is 18.9 Å². The molecule has 0 saturated carbocycles. The molecular weight excluding hydrogens is 394 g/mol. The molecule has 1 aliphatic heterocycles. The molecule has 0 spiro atoms. The van der Waals surface area contributed by atoms with Gasteiger partial charge in [0.1, 0.15) is 12.2 Å². The average molecular weight is 421 g/mol. The minimum absolute atomic E-state index is 0.0549. The normalized spacial score (nSPS) is 13.7. The molecule has 0 radical (unpaired) electrons. The Morgan fingerprint density at radius 3 is 2.45 bits per heavy atom. The third-order valence-electron chi connectivity index (χ3n) is 4.93. The van der Waals surface area contributed by atoms with Gasteiger partial charge in [0.05, 0.1) is 12.0 Å². The Morgan fingerprint density at radius 2 is 1.77 bits per heavy atom. The number of ether oxygens (including phenoxy) is 2. The maximum Gasteiger partial charge on any atom is 0.339 e. The molecule has 1 saturated heterocycles. The Balaban J connectivity index is 1.56. The van der Waals surface area contributed by atoms with E-state index in [4.69, 9.17) is 9.47 Å². The Labute approximate surface area is 182 Å². The molecule has 1 fully saturated rings. The van der Waals surface area contributed by atoms with Gasteiger partial charge in [0, 0.05) is 19.5 Å². The molecule has 31 heavy (non-hydrogen) atoms. The van der Waals surface area contributed by atoms with E-state index in [1.807, 2.05) is 54.6 Å². The fraction of sp³-hybridized carbons (Fsp3) is 0.320. The molecular formula is C25H27NO5. The molecule has 0 aliphatic carbocycles. The maximum absolute atomic E-state index is 12.8. The summed E-state index contributed by atoms with van der Waals surface area (Å²) in [6, 6.07) is 16.5. The smallest absolute Gasteiger partial charge is 0.339 e. The van der Waals surface area contributed by atoms with Gasteiger partial charge >= 0.3 is 11.9 Å². The van der Waals surface area contributed by atoms with Crippen LogP contribution < -0.4 is 0 Å². The van der Waals surface area contributed by atoms with Crippen molar-refractivity contribution in [2.45, 2.75) is 38.9 Å². The van der Waals surface area contributed by atoms with Gasteiger partial charge in [-0.15, -0.1) is 0 Å². The van der Waals surface area contributed by atoms with Crippen molar-refractivity contribution in [2.75, 3.05) is 13.1 Å². The van der Waals surface area contributed by atoms with Crippen LogP contribution in [0.15, 0.2) is 60.7 Å². The van der Waals surface area contributed by atoms with Crippen molar-refractivity contribution < 1.29 is 23.9 Å². The number of rotatable bonds is 9. The van der Waals surface area contributed by atoms with Crippen LogP contribution in [0.25, 0.3) is 6.08 Å². The molecule has 1 aliphatic rings. The van der Waals surface area contributed by atoms with Gasteiger partial charge in [0.2, 0.25) is 5.91 Å². The molecule has 6 nitrogen and oxygen atoms in total. The van der Waals surface area contributed by atoms with Gasteiger partial charge in [-0.2, -0.15) is 0 Å². The summed E-state index contributed by atoms with van der Waals surface area (Å²) in [4.78, 5) is 38.1. The first-order valence-corrected chi connectivity index (χ1v) is 10.3. The minimum Gasteiger partial charge on any atom is -0.461 e. The summed E-state index contributed by atoms with van der Waals surface area (Å²) in [6.45, 7) is 4.82. The number of nitrogens with zero attached hydrogens (tertiary/aromatic N) is 1. The van der Waals surface area contributed by atoms with E-state index in [1.54, 1.807) is 30.9 Å². The molecule has 3 rings (SSSR count). The van der Waals surface area contributed by atoms with E-state index in [2.05, 4.69) is 0 Å². The van der Waals surface area contributed by atoms with Crippen molar-refractivity contribution >= 4 is 23.9 Å². The number of esters is 2. The predicted octanol–water partition coefficient (Wildman–Crippen LogP) is 4.00. The van der Waals surface area contributed by atoms with Gasteiger partial charge in [0.25, 0.3) is 0 Å². The highest BCUT2D eigenvalue weighted by molar-refractivity contribution is 5.94. The zero-order valence-electron chi connectivity index (χ0n) is 17.9. The lowest BCUT2D eigenvalue weighted by molar-refractivity contribution is -0.149. The number of hydrogen-bond donors (Lipinski definition) is 0. The lowest BCUT2D eigenvalue weighted by atomic mass is 10.0. The second-order valence-electron chi connectivity index (χ2n) is 8.05. The van der Waals surface area contributed by atoms with E-state index in [1.165, 1.54) is 0 Å². The van der Waals surface area contributed by atoms with Gasteiger partial charge in [-0.3, -0.25) is 9.59 Å². The van der Waals surface area contributed by atoms with Crippen LogP contribution in [-0.2, 0) is 25.7 Å². The van der Waals surface area contributed by atoms with Gasteiger partial charge in [0.15, 0.2) is 0 Å². The Morgan fingerprint density at radius 1 is 1.06 bits per heavy atom. The zero-order valence-corrected chi connectivity index (χ0v) is 17.9. The van der Waals surface area contributed by atoms with Gasteiger partial charge in [-0.1, -0.05) is 60.7 Å². The zero-order chi connectivity index (χ0) is 22.3. The Bertz CT molecular complexity index is 965. The average Bonchev–Trinajstić information content (AvgIpc) is 2.74. The first-order chi connectivity index (χ1) is 14.8. The molecule has 6 heteroatoms. The Hall–Kier alpha value is -3.41.